The molecular formula is C20H34FO5P. The average molecular weight is 404 g/mol. The molecule has 0 saturated carbocycles. The number of hydrogen-bond acceptors (Lipinski definition) is 3. The molecule has 27 heavy (non-hydrogen) atoms. The normalized spacial score (nSPS) is 11.6. The molecule has 0 radical (unpaired) electrons. The highest BCUT2D eigenvalue weighted by molar-refractivity contribution is 7.51. The highest BCUT2D eigenvalue weighted by Gasteiger charge is 2.12. The smallest absolute Gasteiger partial charge is 0.325 e. The second-order valence-electron chi connectivity index (χ2n) is 6.85. The molecule has 0 aliphatic carbocycles. The highest BCUT2D eigenvalue weighted by Crippen LogP contribution is 2.35. The Hall–Kier alpha value is -1.10. The van der Waals surface area contributed by atoms with E-state index in [0.29, 0.717) is 30.9 Å². The van der Waals surface area contributed by atoms with Crippen LogP contribution in [0.3, 0.4) is 0 Å². The van der Waals surface area contributed by atoms with Crippen molar-refractivity contribution < 1.29 is 28.2 Å². The Morgan fingerprint density at radius 1 is 0.889 bits per heavy atom. The van der Waals surface area contributed by atoms with E-state index in [-0.39, 0.29) is 17.7 Å². The molecule has 0 bridgehead atoms. The van der Waals surface area contributed by atoms with Crippen LogP contribution in [0.1, 0.15) is 70.3 Å². The number of halogens is 1. The van der Waals surface area contributed by atoms with Crippen molar-refractivity contribution in [1.82, 2.24) is 0 Å². The van der Waals surface area contributed by atoms with Gasteiger partial charge in [-0.1, -0.05) is 44.9 Å². The van der Waals surface area contributed by atoms with Gasteiger partial charge in [-0.25, -0.2) is 4.39 Å². The van der Waals surface area contributed by atoms with Crippen LogP contribution in [-0.4, -0.2) is 29.2 Å². The molecule has 1 aromatic rings. The van der Waals surface area contributed by atoms with Gasteiger partial charge < -0.3 is 19.3 Å². The third-order valence-corrected chi connectivity index (χ3v) is 5.35. The Kier molecular flexibility index (Phi) is 11.7. The quantitative estimate of drug-likeness (QED) is 0.294. The lowest BCUT2D eigenvalue weighted by Gasteiger charge is -2.12. The maximum Gasteiger partial charge on any atom is 0.325 e. The van der Waals surface area contributed by atoms with E-state index in [1.54, 1.807) is 19.1 Å². The lowest BCUT2D eigenvalue weighted by atomic mass is 10.1. The number of rotatable bonds is 15. The van der Waals surface area contributed by atoms with Crippen LogP contribution in [0, 0.1) is 12.7 Å². The zero-order chi connectivity index (χ0) is 20.1. The maximum absolute atomic E-state index is 14.1. The monoisotopic (exact) mass is 404 g/mol. The van der Waals surface area contributed by atoms with Gasteiger partial charge in [-0.05, 0) is 38.8 Å². The van der Waals surface area contributed by atoms with Crippen molar-refractivity contribution in [3.63, 3.8) is 0 Å². The van der Waals surface area contributed by atoms with E-state index < -0.39 is 7.60 Å². The van der Waals surface area contributed by atoms with Crippen LogP contribution in [0.25, 0.3) is 0 Å². The van der Waals surface area contributed by atoms with E-state index >= 15 is 0 Å². The largest absolute Gasteiger partial charge is 0.493 e. The first kappa shape index (κ1) is 23.9. The molecule has 0 heterocycles. The fraction of sp³-hybridized carbons (Fsp3) is 0.700. The Balaban J connectivity index is 2.03. The number of unbranched alkanes of at least 4 members (excludes halogenated alkanes) is 8. The summed E-state index contributed by atoms with van der Waals surface area (Å²) in [5.41, 5.74) is 0.486. The summed E-state index contributed by atoms with van der Waals surface area (Å²) >= 11 is 0. The first-order valence-electron chi connectivity index (χ1n) is 9.94. The van der Waals surface area contributed by atoms with Crippen molar-refractivity contribution in [2.75, 3.05) is 19.4 Å². The average Bonchev–Trinajstić information content (AvgIpc) is 2.60. The lowest BCUT2D eigenvalue weighted by molar-refractivity contribution is 0.293. The first-order chi connectivity index (χ1) is 12.8. The summed E-state index contributed by atoms with van der Waals surface area (Å²) in [6, 6.07) is 3.37. The predicted octanol–water partition coefficient (Wildman–Crippen LogP) is 5.60. The van der Waals surface area contributed by atoms with Gasteiger partial charge in [0.1, 0.15) is 5.75 Å². The van der Waals surface area contributed by atoms with Gasteiger partial charge in [0.15, 0.2) is 11.6 Å². The van der Waals surface area contributed by atoms with Gasteiger partial charge in [0.05, 0.1) is 13.2 Å². The second-order valence-corrected chi connectivity index (χ2v) is 8.63. The molecule has 7 heteroatoms. The van der Waals surface area contributed by atoms with Crippen LogP contribution in [0.5, 0.6) is 11.5 Å². The minimum Gasteiger partial charge on any atom is -0.493 e. The Morgan fingerprint density at radius 2 is 1.41 bits per heavy atom. The summed E-state index contributed by atoms with van der Waals surface area (Å²) in [7, 11) is -3.82. The Labute approximate surface area is 162 Å². The molecule has 0 saturated heterocycles. The highest BCUT2D eigenvalue weighted by atomic mass is 31.2. The van der Waals surface area contributed by atoms with E-state index in [1.807, 2.05) is 6.92 Å². The van der Waals surface area contributed by atoms with E-state index in [2.05, 4.69) is 0 Å². The number of hydrogen-bond donors (Lipinski definition) is 2. The molecule has 0 atom stereocenters. The van der Waals surface area contributed by atoms with Gasteiger partial charge in [-0.2, -0.15) is 0 Å². The SMILES string of the molecule is CCOc1ccc(OCCCCCCCCCCCP(=O)(O)O)c(C)c1F. The molecule has 0 fully saturated rings. The standard InChI is InChI=1S/C20H34FO5P/c1-3-25-19-14-13-18(17(2)20(19)21)26-15-11-9-7-5-4-6-8-10-12-16-27(22,23)24/h13-14H,3-12,15-16H2,1-2H3,(H2,22,23,24). The molecule has 156 valence electrons. The van der Waals surface area contributed by atoms with Crippen molar-refractivity contribution >= 4 is 7.60 Å². The van der Waals surface area contributed by atoms with E-state index in [1.165, 1.54) is 0 Å². The summed E-state index contributed by atoms with van der Waals surface area (Å²) in [5, 5.41) is 0. The van der Waals surface area contributed by atoms with Gasteiger partial charge in [-0.15, -0.1) is 0 Å². The summed E-state index contributed by atoms with van der Waals surface area (Å²) in [4.78, 5) is 17.5. The van der Waals surface area contributed by atoms with Crippen LogP contribution in [0.2, 0.25) is 0 Å². The molecule has 1 rings (SSSR count). The summed E-state index contributed by atoms with van der Waals surface area (Å²) in [6.07, 6.45) is 9.12. The fourth-order valence-electron chi connectivity index (χ4n) is 2.91. The van der Waals surface area contributed by atoms with Crippen molar-refractivity contribution in [2.45, 2.75) is 71.6 Å². The number of benzene rings is 1. The van der Waals surface area contributed by atoms with Crippen LogP contribution in [0.15, 0.2) is 12.1 Å². The molecule has 0 spiro atoms. The summed E-state index contributed by atoms with van der Waals surface area (Å²) in [5.74, 6) is 0.491. The van der Waals surface area contributed by atoms with Crippen LogP contribution in [-0.2, 0) is 4.57 Å². The van der Waals surface area contributed by atoms with Crippen molar-refractivity contribution in [1.29, 1.82) is 0 Å². The Morgan fingerprint density at radius 3 is 1.96 bits per heavy atom. The zero-order valence-corrected chi connectivity index (χ0v) is 17.5. The molecule has 5 nitrogen and oxygen atoms in total. The third-order valence-electron chi connectivity index (χ3n) is 4.45. The van der Waals surface area contributed by atoms with Crippen molar-refractivity contribution in [2.24, 2.45) is 0 Å². The van der Waals surface area contributed by atoms with E-state index in [0.717, 1.165) is 51.4 Å². The molecule has 0 aliphatic heterocycles. The fourth-order valence-corrected chi connectivity index (χ4v) is 3.54. The van der Waals surface area contributed by atoms with Crippen molar-refractivity contribution in [3.8, 4) is 11.5 Å². The van der Waals surface area contributed by atoms with Crippen LogP contribution >= 0.6 is 7.60 Å². The predicted molar refractivity (Wildman–Crippen MR) is 106 cm³/mol. The topological polar surface area (TPSA) is 76.0 Å². The second kappa shape index (κ2) is 13.1. The summed E-state index contributed by atoms with van der Waals surface area (Å²) in [6.45, 7) is 4.54. The van der Waals surface area contributed by atoms with Gasteiger partial charge in [0.2, 0.25) is 0 Å². The van der Waals surface area contributed by atoms with Crippen LogP contribution < -0.4 is 9.47 Å². The molecule has 2 N–H and O–H groups in total. The first-order valence-corrected chi connectivity index (χ1v) is 11.7. The molecule has 0 amide bonds. The Bertz CT molecular complexity index is 588. The minimum atomic E-state index is -3.82. The zero-order valence-electron chi connectivity index (χ0n) is 16.6. The van der Waals surface area contributed by atoms with E-state index in [4.69, 9.17) is 19.3 Å². The van der Waals surface area contributed by atoms with Gasteiger partial charge in [-0.3, -0.25) is 4.57 Å². The molecular weight excluding hydrogens is 370 g/mol. The maximum atomic E-state index is 14.1. The van der Waals surface area contributed by atoms with Crippen molar-refractivity contribution in [3.05, 3.63) is 23.5 Å². The molecule has 0 aliphatic rings. The van der Waals surface area contributed by atoms with Gasteiger partial charge in [0, 0.05) is 11.7 Å². The van der Waals surface area contributed by atoms with E-state index in [9.17, 15) is 8.96 Å². The summed E-state index contributed by atoms with van der Waals surface area (Å²) < 4.78 is 35.7. The van der Waals surface area contributed by atoms with Gasteiger partial charge in [0.25, 0.3) is 0 Å². The minimum absolute atomic E-state index is 0.00469. The molecule has 0 unspecified atom stereocenters. The molecule has 1 aromatic carbocycles. The number of ether oxygens (including phenoxy) is 2. The van der Waals surface area contributed by atoms with Gasteiger partial charge >= 0.3 is 7.60 Å². The molecule has 0 aromatic heterocycles. The van der Waals surface area contributed by atoms with Crippen LogP contribution in [0.4, 0.5) is 4.39 Å². The third kappa shape index (κ3) is 10.7. The lowest BCUT2D eigenvalue weighted by Crippen LogP contribution is -2.02.